The van der Waals surface area contributed by atoms with E-state index in [0.29, 0.717) is 22.8 Å². The molecule has 2 N–H and O–H groups in total. The number of carbonyl (C=O) groups excluding carboxylic acids is 1. The number of amides is 1. The van der Waals surface area contributed by atoms with Crippen LogP contribution in [0.2, 0.25) is 5.02 Å². The largest absolute Gasteiger partial charge is 0.398 e. The van der Waals surface area contributed by atoms with Crippen LogP contribution in [0.1, 0.15) is 10.4 Å². The number of halogens is 1. The lowest BCUT2D eigenvalue weighted by atomic mass is 10.2. The summed E-state index contributed by atoms with van der Waals surface area (Å²) in [5, 5.41) is 0.470. The molecule has 0 fully saturated rings. The van der Waals surface area contributed by atoms with Crippen LogP contribution < -0.4 is 5.73 Å². The lowest BCUT2D eigenvalue weighted by Crippen LogP contribution is -2.33. The number of benzene rings is 1. The van der Waals surface area contributed by atoms with E-state index in [9.17, 15) is 4.79 Å². The Morgan fingerprint density at radius 1 is 1.29 bits per heavy atom. The number of nitrogens with zero attached hydrogens (tertiary/aromatic N) is 2. The third kappa shape index (κ3) is 3.91. The molecule has 0 saturated heterocycles. The molecule has 0 aliphatic carbocycles. The minimum atomic E-state index is -0.0461. The highest BCUT2D eigenvalue weighted by Gasteiger charge is 2.12. The molecule has 0 atom stereocenters. The molecule has 1 rings (SSSR count). The van der Waals surface area contributed by atoms with Crippen LogP contribution in [-0.2, 0) is 0 Å². The van der Waals surface area contributed by atoms with Gasteiger partial charge in [0.1, 0.15) is 0 Å². The maximum atomic E-state index is 12.0. The van der Waals surface area contributed by atoms with Crippen molar-refractivity contribution in [2.24, 2.45) is 0 Å². The molecule has 0 radical (unpaired) electrons. The van der Waals surface area contributed by atoms with Gasteiger partial charge in [0.05, 0.1) is 10.7 Å². The van der Waals surface area contributed by atoms with Crippen molar-refractivity contribution in [3.8, 4) is 0 Å². The van der Waals surface area contributed by atoms with Gasteiger partial charge in [-0.15, -0.1) is 0 Å². The molecule has 0 unspecified atom stereocenters. The number of nitrogens with two attached hydrogens (primary N) is 1. The van der Waals surface area contributed by atoms with E-state index < -0.39 is 0 Å². The standard InChI is InChI=1S/C12H18ClN3O/c1-15(2)6-7-16(3)12(17)9-4-5-10(13)11(14)8-9/h4-5,8H,6-7,14H2,1-3H3. The van der Waals surface area contributed by atoms with Gasteiger partial charge < -0.3 is 15.5 Å². The van der Waals surface area contributed by atoms with Gasteiger partial charge in [-0.05, 0) is 32.3 Å². The second kappa shape index (κ2) is 5.89. The van der Waals surface area contributed by atoms with Crippen LogP contribution in [0.4, 0.5) is 5.69 Å². The Morgan fingerprint density at radius 2 is 1.94 bits per heavy atom. The van der Waals surface area contributed by atoms with E-state index in [1.165, 1.54) is 0 Å². The van der Waals surface area contributed by atoms with Crippen LogP contribution >= 0.6 is 11.6 Å². The number of anilines is 1. The minimum absolute atomic E-state index is 0.0461. The van der Waals surface area contributed by atoms with Crippen LogP contribution in [0.5, 0.6) is 0 Å². The quantitative estimate of drug-likeness (QED) is 0.831. The van der Waals surface area contributed by atoms with Gasteiger partial charge in [-0.25, -0.2) is 0 Å². The molecule has 94 valence electrons. The first-order valence-corrected chi connectivity index (χ1v) is 5.75. The molecule has 5 heteroatoms. The third-order valence-corrected chi connectivity index (χ3v) is 2.82. The molecule has 1 aromatic rings. The third-order valence-electron chi connectivity index (χ3n) is 2.47. The summed E-state index contributed by atoms with van der Waals surface area (Å²) >= 11 is 5.81. The van der Waals surface area contributed by atoms with Crippen LogP contribution in [0.25, 0.3) is 0 Å². The van der Waals surface area contributed by atoms with Crippen LogP contribution in [0, 0.1) is 0 Å². The fraction of sp³-hybridized carbons (Fsp3) is 0.417. The number of hydrogen-bond acceptors (Lipinski definition) is 3. The van der Waals surface area contributed by atoms with Crippen molar-refractivity contribution in [1.29, 1.82) is 0 Å². The Balaban J connectivity index is 2.71. The van der Waals surface area contributed by atoms with E-state index in [1.54, 1.807) is 30.1 Å². The number of nitrogen functional groups attached to an aromatic ring is 1. The summed E-state index contributed by atoms with van der Waals surface area (Å²) in [6.45, 7) is 1.50. The van der Waals surface area contributed by atoms with E-state index in [1.807, 2.05) is 19.0 Å². The zero-order valence-corrected chi connectivity index (χ0v) is 11.2. The molecule has 0 aliphatic heterocycles. The van der Waals surface area contributed by atoms with Crippen LogP contribution in [0.3, 0.4) is 0 Å². The number of hydrogen-bond donors (Lipinski definition) is 1. The summed E-state index contributed by atoms with van der Waals surface area (Å²) in [4.78, 5) is 15.7. The molecule has 0 aromatic heterocycles. The topological polar surface area (TPSA) is 49.6 Å². The van der Waals surface area contributed by atoms with E-state index in [0.717, 1.165) is 6.54 Å². The average Bonchev–Trinajstić information content (AvgIpc) is 2.28. The van der Waals surface area contributed by atoms with Gasteiger partial charge >= 0.3 is 0 Å². The van der Waals surface area contributed by atoms with Crippen LogP contribution in [-0.4, -0.2) is 49.9 Å². The molecular formula is C12H18ClN3O. The van der Waals surface area contributed by atoms with Crippen molar-refractivity contribution >= 4 is 23.2 Å². The molecule has 0 spiro atoms. The van der Waals surface area contributed by atoms with Gasteiger partial charge in [-0.1, -0.05) is 11.6 Å². The normalized spacial score (nSPS) is 10.6. The summed E-state index contributed by atoms with van der Waals surface area (Å²) in [6.07, 6.45) is 0. The van der Waals surface area contributed by atoms with E-state index in [2.05, 4.69) is 0 Å². The Hall–Kier alpha value is -1.26. The molecule has 0 bridgehead atoms. The monoisotopic (exact) mass is 255 g/mol. The molecule has 0 saturated carbocycles. The Morgan fingerprint density at radius 3 is 2.47 bits per heavy atom. The fourth-order valence-electron chi connectivity index (χ4n) is 1.35. The van der Waals surface area contributed by atoms with E-state index >= 15 is 0 Å². The molecule has 0 heterocycles. The number of rotatable bonds is 4. The summed E-state index contributed by atoms with van der Waals surface area (Å²) in [7, 11) is 5.72. The molecule has 4 nitrogen and oxygen atoms in total. The Kier molecular flexibility index (Phi) is 4.78. The fourth-order valence-corrected chi connectivity index (χ4v) is 1.47. The second-order valence-electron chi connectivity index (χ2n) is 4.27. The van der Waals surface area contributed by atoms with Gasteiger partial charge in [0.25, 0.3) is 5.91 Å². The summed E-state index contributed by atoms with van der Waals surface area (Å²) in [5.74, 6) is -0.0461. The zero-order chi connectivity index (χ0) is 13.0. The summed E-state index contributed by atoms with van der Waals surface area (Å²) in [6, 6.07) is 4.94. The first-order chi connectivity index (χ1) is 7.91. The highest BCUT2D eigenvalue weighted by atomic mass is 35.5. The van der Waals surface area contributed by atoms with Gasteiger partial charge in [-0.3, -0.25) is 4.79 Å². The number of carbonyl (C=O) groups is 1. The summed E-state index contributed by atoms with van der Waals surface area (Å²) in [5.41, 5.74) is 6.66. The first-order valence-electron chi connectivity index (χ1n) is 5.37. The van der Waals surface area contributed by atoms with Gasteiger partial charge in [-0.2, -0.15) is 0 Å². The second-order valence-corrected chi connectivity index (χ2v) is 4.67. The van der Waals surface area contributed by atoms with Crippen molar-refractivity contribution in [2.45, 2.75) is 0 Å². The SMILES string of the molecule is CN(C)CCN(C)C(=O)c1ccc(Cl)c(N)c1. The first kappa shape index (κ1) is 13.8. The molecule has 1 aromatic carbocycles. The van der Waals surface area contributed by atoms with E-state index in [4.69, 9.17) is 17.3 Å². The van der Waals surface area contributed by atoms with Crippen molar-refractivity contribution in [3.05, 3.63) is 28.8 Å². The molecule has 1 amide bonds. The van der Waals surface area contributed by atoms with Crippen LogP contribution in [0.15, 0.2) is 18.2 Å². The van der Waals surface area contributed by atoms with Gasteiger partial charge in [0.15, 0.2) is 0 Å². The lowest BCUT2D eigenvalue weighted by Gasteiger charge is -2.19. The van der Waals surface area contributed by atoms with Crippen molar-refractivity contribution < 1.29 is 4.79 Å². The van der Waals surface area contributed by atoms with E-state index in [-0.39, 0.29) is 5.91 Å². The van der Waals surface area contributed by atoms with Crippen molar-refractivity contribution in [2.75, 3.05) is 40.0 Å². The lowest BCUT2D eigenvalue weighted by molar-refractivity contribution is 0.0786. The highest BCUT2D eigenvalue weighted by Crippen LogP contribution is 2.20. The van der Waals surface area contributed by atoms with Crippen molar-refractivity contribution in [3.63, 3.8) is 0 Å². The average molecular weight is 256 g/mol. The van der Waals surface area contributed by atoms with Crippen molar-refractivity contribution in [1.82, 2.24) is 9.80 Å². The highest BCUT2D eigenvalue weighted by molar-refractivity contribution is 6.33. The maximum Gasteiger partial charge on any atom is 0.253 e. The molecule has 0 aliphatic rings. The predicted molar refractivity (Wildman–Crippen MR) is 71.4 cm³/mol. The number of likely N-dealkylation sites (N-methyl/N-ethyl adjacent to an activating group) is 2. The molecule has 17 heavy (non-hydrogen) atoms. The maximum absolute atomic E-state index is 12.0. The van der Waals surface area contributed by atoms with Gasteiger partial charge in [0, 0.05) is 25.7 Å². The smallest absolute Gasteiger partial charge is 0.253 e. The zero-order valence-electron chi connectivity index (χ0n) is 10.4. The Labute approximate surface area is 107 Å². The predicted octanol–water partition coefficient (Wildman–Crippen LogP) is 1.56. The summed E-state index contributed by atoms with van der Waals surface area (Å²) < 4.78 is 0. The molecular weight excluding hydrogens is 238 g/mol. The Bertz CT molecular complexity index is 407. The minimum Gasteiger partial charge on any atom is -0.398 e. The van der Waals surface area contributed by atoms with Gasteiger partial charge in [0.2, 0.25) is 0 Å².